The molecule has 1 aromatic carbocycles. The summed E-state index contributed by atoms with van der Waals surface area (Å²) < 4.78 is 25.5. The van der Waals surface area contributed by atoms with E-state index in [1.54, 1.807) is 24.3 Å². The summed E-state index contributed by atoms with van der Waals surface area (Å²) in [4.78, 5) is 11.1. The first-order valence-corrected chi connectivity index (χ1v) is 4.37. The molecule has 14 heavy (non-hydrogen) atoms. The highest BCUT2D eigenvalue weighted by atomic mass is 19.3. The molecule has 0 unspecified atom stereocenters. The number of carbonyl (C=O) groups excluding carboxylic acids is 1. The van der Waals surface area contributed by atoms with Gasteiger partial charge in [0.25, 0.3) is 0 Å². The van der Waals surface area contributed by atoms with Gasteiger partial charge in [0.1, 0.15) is 0 Å². The topological polar surface area (TPSA) is 17.1 Å². The summed E-state index contributed by atoms with van der Waals surface area (Å²) in [6.07, 6.45) is -0.386. The molecule has 0 aliphatic heterocycles. The minimum Gasteiger partial charge on any atom is -0.295 e. The molecule has 0 heterocycles. The van der Waals surface area contributed by atoms with Crippen molar-refractivity contribution < 1.29 is 13.6 Å². The van der Waals surface area contributed by atoms with Crippen LogP contribution in [0.25, 0.3) is 0 Å². The third kappa shape index (κ3) is 2.91. The number of ketones is 1. The summed E-state index contributed by atoms with van der Waals surface area (Å²) in [6, 6.07) is 6.47. The van der Waals surface area contributed by atoms with Crippen LogP contribution in [0.1, 0.15) is 29.8 Å². The second kappa shape index (κ2) is 3.86. The quantitative estimate of drug-likeness (QED) is 0.682. The van der Waals surface area contributed by atoms with Crippen LogP contribution in [0.15, 0.2) is 24.3 Å². The first-order valence-electron chi connectivity index (χ1n) is 4.37. The van der Waals surface area contributed by atoms with Crippen LogP contribution in [0.4, 0.5) is 8.78 Å². The zero-order valence-corrected chi connectivity index (χ0v) is 8.18. The van der Waals surface area contributed by atoms with E-state index >= 15 is 0 Å². The SMILES string of the molecule is CC(=O)c1ccccc1CC(C)(F)F. The van der Waals surface area contributed by atoms with E-state index in [0.29, 0.717) is 11.1 Å². The van der Waals surface area contributed by atoms with Crippen molar-refractivity contribution >= 4 is 5.78 Å². The van der Waals surface area contributed by atoms with Crippen LogP contribution in [-0.4, -0.2) is 11.7 Å². The van der Waals surface area contributed by atoms with Gasteiger partial charge in [-0.1, -0.05) is 24.3 Å². The van der Waals surface area contributed by atoms with E-state index < -0.39 is 5.92 Å². The monoisotopic (exact) mass is 198 g/mol. The van der Waals surface area contributed by atoms with Crippen LogP contribution < -0.4 is 0 Å². The van der Waals surface area contributed by atoms with Crippen molar-refractivity contribution in [1.82, 2.24) is 0 Å². The van der Waals surface area contributed by atoms with Gasteiger partial charge >= 0.3 is 0 Å². The maximum Gasteiger partial charge on any atom is 0.249 e. The normalized spacial score (nSPS) is 11.4. The Morgan fingerprint density at radius 1 is 1.36 bits per heavy atom. The number of hydrogen-bond donors (Lipinski definition) is 0. The number of hydrogen-bond acceptors (Lipinski definition) is 1. The predicted molar refractivity (Wildman–Crippen MR) is 50.8 cm³/mol. The number of alkyl halides is 2. The standard InChI is InChI=1S/C11H12F2O/c1-8(14)10-6-4-3-5-9(10)7-11(2,12)13/h3-6H,7H2,1-2H3. The molecule has 0 aromatic heterocycles. The average Bonchev–Trinajstić information content (AvgIpc) is 2.01. The van der Waals surface area contributed by atoms with E-state index in [2.05, 4.69) is 0 Å². The lowest BCUT2D eigenvalue weighted by Gasteiger charge is -2.12. The Kier molecular flexibility index (Phi) is 2.99. The number of carbonyl (C=O) groups is 1. The maximum atomic E-state index is 12.7. The molecule has 0 atom stereocenters. The zero-order chi connectivity index (χ0) is 10.8. The van der Waals surface area contributed by atoms with E-state index in [9.17, 15) is 13.6 Å². The molecule has 1 nitrogen and oxygen atoms in total. The molecule has 0 saturated carbocycles. The minimum atomic E-state index is -2.77. The van der Waals surface area contributed by atoms with Crippen LogP contribution in [0.2, 0.25) is 0 Å². The van der Waals surface area contributed by atoms with Crippen molar-refractivity contribution in [3.63, 3.8) is 0 Å². The smallest absolute Gasteiger partial charge is 0.249 e. The molecular formula is C11H12F2O. The average molecular weight is 198 g/mol. The number of Topliss-reactive ketones (excluding diaryl/α,β-unsaturated/α-hetero) is 1. The largest absolute Gasteiger partial charge is 0.295 e. The summed E-state index contributed by atoms with van der Waals surface area (Å²) in [5.41, 5.74) is 0.793. The van der Waals surface area contributed by atoms with Crippen molar-refractivity contribution in [3.8, 4) is 0 Å². The van der Waals surface area contributed by atoms with Crippen LogP contribution in [0.5, 0.6) is 0 Å². The molecule has 0 amide bonds. The summed E-state index contributed by atoms with van der Waals surface area (Å²) in [5.74, 6) is -2.95. The molecular weight excluding hydrogens is 186 g/mol. The van der Waals surface area contributed by atoms with E-state index in [0.717, 1.165) is 6.92 Å². The summed E-state index contributed by atoms with van der Waals surface area (Å²) in [7, 11) is 0. The Morgan fingerprint density at radius 3 is 2.43 bits per heavy atom. The fraction of sp³-hybridized carbons (Fsp3) is 0.364. The fourth-order valence-electron chi connectivity index (χ4n) is 1.35. The van der Waals surface area contributed by atoms with Crippen molar-refractivity contribution in [2.45, 2.75) is 26.2 Å². The zero-order valence-electron chi connectivity index (χ0n) is 8.18. The van der Waals surface area contributed by atoms with E-state index in [4.69, 9.17) is 0 Å². The molecule has 3 heteroatoms. The van der Waals surface area contributed by atoms with Gasteiger partial charge in [0.05, 0.1) is 0 Å². The first-order chi connectivity index (χ1) is 6.40. The van der Waals surface area contributed by atoms with Crippen molar-refractivity contribution in [1.29, 1.82) is 0 Å². The molecule has 76 valence electrons. The molecule has 0 aliphatic carbocycles. The Balaban J connectivity index is 3.02. The molecule has 1 aromatic rings. The number of halogens is 2. The summed E-state index contributed by atoms with van der Waals surface area (Å²) in [6.45, 7) is 2.23. The lowest BCUT2D eigenvalue weighted by atomic mass is 9.99. The second-order valence-corrected chi connectivity index (χ2v) is 3.46. The van der Waals surface area contributed by atoms with E-state index in [1.165, 1.54) is 6.92 Å². The highest BCUT2D eigenvalue weighted by Gasteiger charge is 2.23. The van der Waals surface area contributed by atoms with Crippen molar-refractivity contribution in [3.05, 3.63) is 35.4 Å². The van der Waals surface area contributed by atoms with Gasteiger partial charge in [0.15, 0.2) is 5.78 Å². The lowest BCUT2D eigenvalue weighted by molar-refractivity contribution is 0.0225. The number of benzene rings is 1. The molecule has 0 aliphatic rings. The Bertz CT molecular complexity index is 339. The van der Waals surface area contributed by atoms with Crippen LogP contribution in [-0.2, 0) is 6.42 Å². The van der Waals surface area contributed by atoms with E-state index in [1.807, 2.05) is 0 Å². The predicted octanol–water partition coefficient (Wildman–Crippen LogP) is 3.09. The first kappa shape index (κ1) is 10.8. The molecule has 0 spiro atoms. The van der Waals surface area contributed by atoms with Crippen molar-refractivity contribution in [2.75, 3.05) is 0 Å². The number of rotatable bonds is 3. The summed E-state index contributed by atoms with van der Waals surface area (Å²) in [5, 5.41) is 0. The van der Waals surface area contributed by atoms with Crippen LogP contribution >= 0.6 is 0 Å². The third-order valence-corrected chi connectivity index (χ3v) is 1.90. The van der Waals surface area contributed by atoms with Crippen LogP contribution in [0, 0.1) is 0 Å². The Morgan fingerprint density at radius 2 is 1.93 bits per heavy atom. The van der Waals surface area contributed by atoms with Gasteiger partial charge in [0, 0.05) is 12.0 Å². The van der Waals surface area contributed by atoms with Crippen molar-refractivity contribution in [2.24, 2.45) is 0 Å². The van der Waals surface area contributed by atoms with Gasteiger partial charge in [0.2, 0.25) is 5.92 Å². The van der Waals surface area contributed by atoms with Gasteiger partial charge in [-0.15, -0.1) is 0 Å². The van der Waals surface area contributed by atoms with Gasteiger partial charge in [-0.3, -0.25) is 4.79 Å². The molecule has 0 N–H and O–H groups in total. The van der Waals surface area contributed by atoms with Gasteiger partial charge < -0.3 is 0 Å². The second-order valence-electron chi connectivity index (χ2n) is 3.46. The lowest BCUT2D eigenvalue weighted by Crippen LogP contribution is -2.15. The molecule has 0 bridgehead atoms. The fourth-order valence-corrected chi connectivity index (χ4v) is 1.35. The highest BCUT2D eigenvalue weighted by molar-refractivity contribution is 5.95. The summed E-state index contributed by atoms with van der Waals surface area (Å²) >= 11 is 0. The molecule has 0 radical (unpaired) electrons. The van der Waals surface area contributed by atoms with Gasteiger partial charge in [-0.05, 0) is 19.4 Å². The highest BCUT2D eigenvalue weighted by Crippen LogP contribution is 2.21. The Hall–Kier alpha value is -1.25. The third-order valence-electron chi connectivity index (χ3n) is 1.90. The van der Waals surface area contributed by atoms with Gasteiger partial charge in [-0.25, -0.2) is 8.78 Å². The maximum absolute atomic E-state index is 12.7. The molecule has 1 rings (SSSR count). The minimum absolute atomic E-state index is 0.176. The molecule has 0 saturated heterocycles. The molecule has 0 fully saturated rings. The van der Waals surface area contributed by atoms with Gasteiger partial charge in [-0.2, -0.15) is 0 Å². The van der Waals surface area contributed by atoms with E-state index in [-0.39, 0.29) is 12.2 Å². The Labute approximate surface area is 81.7 Å². The van der Waals surface area contributed by atoms with Crippen LogP contribution in [0.3, 0.4) is 0 Å².